The molecule has 2 heterocycles. The highest BCUT2D eigenvalue weighted by Gasteiger charge is 2.37. The van der Waals surface area contributed by atoms with E-state index in [-0.39, 0.29) is 36.4 Å². The van der Waals surface area contributed by atoms with Gasteiger partial charge in [-0.2, -0.15) is 13.2 Å². The Balaban J connectivity index is 1.41. The zero-order valence-corrected chi connectivity index (χ0v) is 22.8. The van der Waals surface area contributed by atoms with Crippen LogP contribution in [0.1, 0.15) is 36.0 Å². The third kappa shape index (κ3) is 7.63. The number of benzene rings is 2. The van der Waals surface area contributed by atoms with Gasteiger partial charge < -0.3 is 15.5 Å². The average Bonchev–Trinajstić information content (AvgIpc) is 3.46. The van der Waals surface area contributed by atoms with E-state index in [4.69, 9.17) is 23.2 Å². The summed E-state index contributed by atoms with van der Waals surface area (Å²) in [6, 6.07) is 8.17. The predicted octanol–water partition coefficient (Wildman–Crippen LogP) is 4.49. The summed E-state index contributed by atoms with van der Waals surface area (Å²) in [6.45, 7) is 4.29. The second kappa shape index (κ2) is 12.4. The number of hydrogen-bond acceptors (Lipinski definition) is 4. The lowest BCUT2D eigenvalue weighted by Crippen LogP contribution is -2.42. The molecule has 12 heteroatoms. The first-order valence-corrected chi connectivity index (χ1v) is 13.5. The molecule has 212 valence electrons. The van der Waals surface area contributed by atoms with Gasteiger partial charge >= 0.3 is 6.18 Å². The summed E-state index contributed by atoms with van der Waals surface area (Å²) < 4.78 is 52.6. The van der Waals surface area contributed by atoms with Crippen LogP contribution < -0.4 is 10.6 Å². The second-order valence-electron chi connectivity index (χ2n) is 10.1. The van der Waals surface area contributed by atoms with Crippen LogP contribution >= 0.6 is 23.2 Å². The lowest BCUT2D eigenvalue weighted by atomic mass is 9.94. The molecule has 39 heavy (non-hydrogen) atoms. The van der Waals surface area contributed by atoms with E-state index < -0.39 is 17.6 Å². The molecule has 2 unspecified atom stereocenters. The van der Waals surface area contributed by atoms with Gasteiger partial charge in [0.05, 0.1) is 22.2 Å². The molecular formula is C27H30Cl2F4N4O2. The minimum absolute atomic E-state index is 0.0299. The van der Waals surface area contributed by atoms with E-state index in [0.29, 0.717) is 54.8 Å². The molecule has 2 fully saturated rings. The van der Waals surface area contributed by atoms with Crippen molar-refractivity contribution >= 4 is 35.0 Å². The number of likely N-dealkylation sites (tertiary alicyclic amines) is 2. The first-order chi connectivity index (χ1) is 18.4. The lowest BCUT2D eigenvalue weighted by Gasteiger charge is -2.21. The van der Waals surface area contributed by atoms with Crippen molar-refractivity contribution in [2.45, 2.75) is 43.9 Å². The van der Waals surface area contributed by atoms with Crippen LogP contribution in [0.5, 0.6) is 0 Å². The van der Waals surface area contributed by atoms with Crippen molar-refractivity contribution in [1.29, 1.82) is 0 Å². The number of nitrogens with one attached hydrogen (secondary N) is 2. The fourth-order valence-corrected chi connectivity index (χ4v) is 5.62. The molecule has 0 radical (unpaired) electrons. The van der Waals surface area contributed by atoms with Gasteiger partial charge in [-0.15, -0.1) is 0 Å². The Morgan fingerprint density at radius 2 is 1.82 bits per heavy atom. The van der Waals surface area contributed by atoms with Crippen LogP contribution in [0.3, 0.4) is 0 Å². The Morgan fingerprint density at radius 3 is 2.49 bits per heavy atom. The lowest BCUT2D eigenvalue weighted by molar-refractivity contribution is -0.140. The van der Waals surface area contributed by atoms with E-state index in [9.17, 15) is 27.2 Å². The third-order valence-corrected chi connectivity index (χ3v) is 7.98. The molecule has 2 saturated heterocycles. The number of carbonyl (C=O) groups excluding carboxylic acids is 2. The zero-order valence-electron chi connectivity index (χ0n) is 21.3. The van der Waals surface area contributed by atoms with Crippen molar-refractivity contribution in [3.63, 3.8) is 0 Å². The summed E-state index contributed by atoms with van der Waals surface area (Å²) in [6.07, 6.45) is -3.65. The molecule has 2 aliphatic rings. The van der Waals surface area contributed by atoms with E-state index in [1.54, 1.807) is 17.0 Å². The van der Waals surface area contributed by atoms with Crippen molar-refractivity contribution < 1.29 is 27.2 Å². The van der Waals surface area contributed by atoms with E-state index in [2.05, 4.69) is 10.6 Å². The Labute approximate surface area is 234 Å². The predicted molar refractivity (Wildman–Crippen MR) is 141 cm³/mol. The minimum atomic E-state index is -4.74. The number of rotatable bonds is 8. The molecular weight excluding hydrogens is 559 g/mol. The highest BCUT2D eigenvalue weighted by Crippen LogP contribution is 2.33. The smallest absolute Gasteiger partial charge is 0.352 e. The molecule has 0 saturated carbocycles. The van der Waals surface area contributed by atoms with E-state index in [1.165, 1.54) is 13.0 Å². The quantitative estimate of drug-likeness (QED) is 0.446. The van der Waals surface area contributed by atoms with Crippen LogP contribution in [-0.2, 0) is 22.2 Å². The van der Waals surface area contributed by atoms with Gasteiger partial charge in [-0.05, 0) is 54.8 Å². The molecule has 2 aromatic carbocycles. The Kier molecular flexibility index (Phi) is 9.41. The minimum Gasteiger partial charge on any atom is -0.352 e. The molecule has 0 aromatic heterocycles. The fraction of sp³-hybridized carbons (Fsp3) is 0.481. The Morgan fingerprint density at radius 1 is 1.05 bits per heavy atom. The van der Waals surface area contributed by atoms with Crippen LogP contribution in [0, 0.1) is 5.82 Å². The molecule has 0 spiro atoms. The Bertz CT molecular complexity index is 1210. The summed E-state index contributed by atoms with van der Waals surface area (Å²) in [4.78, 5) is 28.4. The number of nitrogens with zero attached hydrogens (tertiary/aromatic N) is 2. The van der Waals surface area contributed by atoms with Crippen LogP contribution in [0.4, 0.5) is 17.6 Å². The van der Waals surface area contributed by atoms with Gasteiger partial charge in [-0.1, -0.05) is 35.3 Å². The first-order valence-electron chi connectivity index (χ1n) is 12.7. The van der Waals surface area contributed by atoms with Crippen molar-refractivity contribution in [3.05, 3.63) is 69.0 Å². The maximum atomic E-state index is 14.0. The van der Waals surface area contributed by atoms with E-state index >= 15 is 0 Å². The summed E-state index contributed by atoms with van der Waals surface area (Å²) in [5, 5.41) is 7.12. The van der Waals surface area contributed by atoms with Crippen molar-refractivity contribution in [2.75, 3.05) is 39.3 Å². The van der Waals surface area contributed by atoms with Gasteiger partial charge in [0.1, 0.15) is 5.82 Å². The van der Waals surface area contributed by atoms with Crippen LogP contribution in [-0.4, -0.2) is 73.0 Å². The second-order valence-corrected chi connectivity index (χ2v) is 10.9. The number of halogens is 6. The molecule has 6 nitrogen and oxygen atoms in total. The van der Waals surface area contributed by atoms with Gasteiger partial charge in [-0.25, -0.2) is 4.39 Å². The largest absolute Gasteiger partial charge is 0.419 e. The van der Waals surface area contributed by atoms with Gasteiger partial charge in [0.2, 0.25) is 11.8 Å². The zero-order chi connectivity index (χ0) is 28.3. The monoisotopic (exact) mass is 588 g/mol. The standard InChI is InChI=1S/C27H30Cl2F4N4O2/c1-16(38)35-19-7-9-36(12-19)15-26(39)37-13-20(18-3-5-22(28)23(29)11-18)25(14-37)34-8-6-17-2-4-21(24(30)10-17)27(31,32)33/h2-5,10-11,19-20,25,34H,6-9,12-15H2,1H3,(H,35,38)/t19-,20?,25?/m0/s1. The number of hydrogen-bond donors (Lipinski definition) is 2. The van der Waals surface area contributed by atoms with Gasteiger partial charge in [-0.3, -0.25) is 14.5 Å². The first kappa shape index (κ1) is 29.6. The number of alkyl halides is 3. The van der Waals surface area contributed by atoms with Crippen LogP contribution in [0.2, 0.25) is 10.0 Å². The molecule has 2 aliphatic heterocycles. The maximum absolute atomic E-state index is 14.0. The summed E-state index contributed by atoms with van der Waals surface area (Å²) in [7, 11) is 0. The van der Waals surface area contributed by atoms with Gasteiger partial charge in [0.25, 0.3) is 0 Å². The SMILES string of the molecule is CC(=O)N[C@H]1CCN(CC(=O)N2CC(NCCc3ccc(C(F)(F)F)c(F)c3)C(c3ccc(Cl)c(Cl)c3)C2)C1. The third-order valence-electron chi connectivity index (χ3n) is 7.24. The maximum Gasteiger partial charge on any atom is 0.419 e. The molecule has 3 atom stereocenters. The van der Waals surface area contributed by atoms with E-state index in [1.807, 2.05) is 11.0 Å². The van der Waals surface area contributed by atoms with Crippen molar-refractivity contribution in [1.82, 2.24) is 20.4 Å². The van der Waals surface area contributed by atoms with Crippen LogP contribution in [0.15, 0.2) is 36.4 Å². The molecule has 2 N–H and O–H groups in total. The highest BCUT2D eigenvalue weighted by molar-refractivity contribution is 6.42. The molecule has 2 aromatic rings. The van der Waals surface area contributed by atoms with Crippen molar-refractivity contribution in [2.24, 2.45) is 0 Å². The molecule has 2 amide bonds. The van der Waals surface area contributed by atoms with E-state index in [0.717, 1.165) is 24.1 Å². The van der Waals surface area contributed by atoms with Gasteiger partial charge in [0, 0.05) is 51.1 Å². The topological polar surface area (TPSA) is 64.7 Å². The van der Waals surface area contributed by atoms with Crippen LogP contribution in [0.25, 0.3) is 0 Å². The van der Waals surface area contributed by atoms with Crippen molar-refractivity contribution in [3.8, 4) is 0 Å². The fourth-order valence-electron chi connectivity index (χ4n) is 5.31. The van der Waals surface area contributed by atoms with Gasteiger partial charge in [0.15, 0.2) is 0 Å². The summed E-state index contributed by atoms with van der Waals surface area (Å²) >= 11 is 12.4. The normalized spacial score (nSPS) is 21.9. The summed E-state index contributed by atoms with van der Waals surface area (Å²) in [5.41, 5.74) is 0.0580. The summed E-state index contributed by atoms with van der Waals surface area (Å²) in [5.74, 6) is -1.52. The number of carbonyl (C=O) groups is 2. The average molecular weight is 589 g/mol. The highest BCUT2D eigenvalue weighted by atomic mass is 35.5. The number of amides is 2. The molecule has 4 rings (SSSR count). The molecule has 0 aliphatic carbocycles. The molecule has 0 bridgehead atoms. The Hall–Kier alpha value is -2.40.